The number of ether oxygens (including phenoxy) is 2. The van der Waals surface area contributed by atoms with Crippen LogP contribution in [0.5, 0.6) is 5.75 Å². The molecule has 0 unspecified atom stereocenters. The van der Waals surface area contributed by atoms with Gasteiger partial charge in [-0.3, -0.25) is 0 Å². The van der Waals surface area contributed by atoms with Crippen LogP contribution < -0.4 is 4.74 Å². The molecule has 1 heterocycles. The number of hydrogen-bond acceptors (Lipinski definition) is 4. The van der Waals surface area contributed by atoms with Gasteiger partial charge in [0.1, 0.15) is 5.75 Å². The number of hydrogen-bond donors (Lipinski definition) is 0. The van der Waals surface area contributed by atoms with Crippen molar-refractivity contribution in [3.8, 4) is 5.75 Å². The molecule has 0 atom stereocenters. The van der Waals surface area contributed by atoms with E-state index in [-0.39, 0.29) is 0 Å². The van der Waals surface area contributed by atoms with Crippen molar-refractivity contribution in [3.05, 3.63) is 68.9 Å². The number of esters is 1. The molecule has 2 aromatic carbocycles. The van der Waals surface area contributed by atoms with Gasteiger partial charge in [0.05, 0.1) is 6.61 Å². The Morgan fingerprint density at radius 3 is 2.70 bits per heavy atom. The Morgan fingerprint density at radius 2 is 2.00 bits per heavy atom. The van der Waals surface area contributed by atoms with E-state index in [2.05, 4.69) is 27.6 Å². The van der Waals surface area contributed by atoms with Crippen LogP contribution in [-0.2, 0) is 9.53 Å². The molecule has 0 bridgehead atoms. The third-order valence-electron chi connectivity index (χ3n) is 3.19. The molecule has 0 saturated heterocycles. The second-order valence-electron chi connectivity index (χ2n) is 4.85. The highest BCUT2D eigenvalue weighted by atomic mass is 127. The summed E-state index contributed by atoms with van der Waals surface area (Å²) in [5, 5.41) is 0. The standard InChI is InChI=1S/C18H14INO3/c1-2-22-15-8-6-12(7-9-15)10-16-18(21)23-17(20-16)13-4-3-5-14(19)11-13/h3-11H,2H2,1H3/b16-10+. The highest BCUT2D eigenvalue weighted by molar-refractivity contribution is 14.1. The summed E-state index contributed by atoms with van der Waals surface area (Å²) in [5.74, 6) is 0.699. The van der Waals surface area contributed by atoms with Gasteiger partial charge in [-0.25, -0.2) is 9.79 Å². The molecule has 0 aliphatic carbocycles. The first-order chi connectivity index (χ1) is 11.2. The number of halogens is 1. The van der Waals surface area contributed by atoms with Crippen molar-refractivity contribution < 1.29 is 14.3 Å². The van der Waals surface area contributed by atoms with Crippen LogP contribution in [0.3, 0.4) is 0 Å². The van der Waals surface area contributed by atoms with E-state index in [1.807, 2.05) is 55.5 Å². The maximum atomic E-state index is 12.0. The van der Waals surface area contributed by atoms with Gasteiger partial charge in [0.15, 0.2) is 5.70 Å². The van der Waals surface area contributed by atoms with Gasteiger partial charge in [0.25, 0.3) is 0 Å². The number of cyclic esters (lactones) is 1. The van der Waals surface area contributed by atoms with Crippen molar-refractivity contribution in [2.75, 3.05) is 6.61 Å². The molecule has 0 fully saturated rings. The number of nitrogens with zero attached hydrogens (tertiary/aromatic N) is 1. The molecule has 0 spiro atoms. The van der Waals surface area contributed by atoms with Crippen molar-refractivity contribution in [2.24, 2.45) is 4.99 Å². The fourth-order valence-electron chi connectivity index (χ4n) is 2.14. The molecule has 0 saturated carbocycles. The highest BCUT2D eigenvalue weighted by Crippen LogP contribution is 2.21. The molecule has 0 aromatic heterocycles. The van der Waals surface area contributed by atoms with Gasteiger partial charge in [-0.2, -0.15) is 0 Å². The predicted molar refractivity (Wildman–Crippen MR) is 97.4 cm³/mol. The van der Waals surface area contributed by atoms with E-state index in [1.165, 1.54) is 0 Å². The largest absolute Gasteiger partial charge is 0.494 e. The topological polar surface area (TPSA) is 47.9 Å². The Bertz CT molecular complexity index is 794. The zero-order valence-corrected chi connectivity index (χ0v) is 14.6. The Morgan fingerprint density at radius 1 is 1.22 bits per heavy atom. The molecule has 1 aliphatic rings. The van der Waals surface area contributed by atoms with Gasteiger partial charge < -0.3 is 9.47 Å². The summed E-state index contributed by atoms with van der Waals surface area (Å²) in [6, 6.07) is 15.1. The van der Waals surface area contributed by atoms with Crippen molar-refractivity contribution >= 4 is 40.5 Å². The van der Waals surface area contributed by atoms with Crippen LogP contribution in [0.15, 0.2) is 59.2 Å². The zero-order chi connectivity index (χ0) is 16.2. The van der Waals surface area contributed by atoms with Crippen LogP contribution in [0.25, 0.3) is 6.08 Å². The maximum absolute atomic E-state index is 12.0. The monoisotopic (exact) mass is 419 g/mol. The van der Waals surface area contributed by atoms with Crippen molar-refractivity contribution in [2.45, 2.75) is 6.92 Å². The average molecular weight is 419 g/mol. The summed E-state index contributed by atoms with van der Waals surface area (Å²) in [7, 11) is 0. The van der Waals surface area contributed by atoms with Crippen LogP contribution in [0.1, 0.15) is 18.1 Å². The van der Waals surface area contributed by atoms with Crippen LogP contribution in [0.2, 0.25) is 0 Å². The normalized spacial score (nSPS) is 15.5. The number of carbonyl (C=O) groups excluding carboxylic acids is 1. The molecule has 0 amide bonds. The summed E-state index contributed by atoms with van der Waals surface area (Å²) in [6.45, 7) is 2.56. The van der Waals surface area contributed by atoms with Gasteiger partial charge in [-0.15, -0.1) is 0 Å². The lowest BCUT2D eigenvalue weighted by atomic mass is 10.2. The van der Waals surface area contributed by atoms with Crippen LogP contribution in [0, 0.1) is 3.57 Å². The minimum absolute atomic E-state index is 0.294. The fourth-order valence-corrected chi connectivity index (χ4v) is 2.68. The molecule has 3 rings (SSSR count). The average Bonchev–Trinajstić information content (AvgIpc) is 2.91. The van der Waals surface area contributed by atoms with Crippen molar-refractivity contribution in [1.82, 2.24) is 0 Å². The Labute approximate surface area is 148 Å². The smallest absolute Gasteiger partial charge is 0.363 e. The van der Waals surface area contributed by atoms with Crippen LogP contribution in [0.4, 0.5) is 0 Å². The van der Waals surface area contributed by atoms with Gasteiger partial charge in [-0.05, 0) is 71.5 Å². The van der Waals surface area contributed by atoms with Gasteiger partial charge >= 0.3 is 5.97 Å². The molecule has 1 aliphatic heterocycles. The fraction of sp³-hybridized carbons (Fsp3) is 0.111. The second-order valence-corrected chi connectivity index (χ2v) is 6.09. The Kier molecular flexibility index (Phi) is 4.76. The quantitative estimate of drug-likeness (QED) is 0.427. The molecule has 0 N–H and O–H groups in total. The summed E-state index contributed by atoms with van der Waals surface area (Å²) in [5.41, 5.74) is 1.96. The van der Waals surface area contributed by atoms with E-state index in [0.717, 1.165) is 20.4 Å². The first-order valence-corrected chi connectivity index (χ1v) is 8.25. The van der Waals surface area contributed by atoms with Gasteiger partial charge in [-0.1, -0.05) is 18.2 Å². The zero-order valence-electron chi connectivity index (χ0n) is 12.5. The predicted octanol–water partition coefficient (Wildman–Crippen LogP) is 4.03. The molecule has 0 radical (unpaired) electrons. The van der Waals surface area contributed by atoms with E-state index >= 15 is 0 Å². The van der Waals surface area contributed by atoms with E-state index in [4.69, 9.17) is 9.47 Å². The molecule has 5 heteroatoms. The molecular weight excluding hydrogens is 405 g/mol. The minimum atomic E-state index is -0.437. The third kappa shape index (κ3) is 3.79. The van der Waals surface area contributed by atoms with E-state index in [9.17, 15) is 4.79 Å². The van der Waals surface area contributed by atoms with E-state index in [1.54, 1.807) is 6.08 Å². The number of aliphatic imine (C=N–C) groups is 1. The first-order valence-electron chi connectivity index (χ1n) is 7.17. The lowest BCUT2D eigenvalue weighted by molar-refractivity contribution is -0.129. The molecule has 2 aromatic rings. The highest BCUT2D eigenvalue weighted by Gasteiger charge is 2.24. The summed E-state index contributed by atoms with van der Waals surface area (Å²) >= 11 is 2.21. The number of carbonyl (C=O) groups is 1. The molecular formula is C18H14INO3. The van der Waals surface area contributed by atoms with E-state index in [0.29, 0.717) is 18.2 Å². The Balaban J connectivity index is 1.85. The second kappa shape index (κ2) is 6.95. The first kappa shape index (κ1) is 15.7. The summed E-state index contributed by atoms with van der Waals surface area (Å²) < 4.78 is 11.7. The van der Waals surface area contributed by atoms with Crippen LogP contribution in [-0.4, -0.2) is 18.5 Å². The molecule has 116 valence electrons. The summed E-state index contributed by atoms with van der Waals surface area (Å²) in [4.78, 5) is 16.3. The van der Waals surface area contributed by atoms with E-state index < -0.39 is 5.97 Å². The maximum Gasteiger partial charge on any atom is 0.363 e. The van der Waals surface area contributed by atoms with Gasteiger partial charge in [0.2, 0.25) is 5.90 Å². The molecule has 23 heavy (non-hydrogen) atoms. The van der Waals surface area contributed by atoms with Crippen molar-refractivity contribution in [1.29, 1.82) is 0 Å². The number of benzene rings is 2. The third-order valence-corrected chi connectivity index (χ3v) is 3.86. The van der Waals surface area contributed by atoms with Gasteiger partial charge in [0, 0.05) is 9.13 Å². The Hall–Kier alpha value is -2.15. The summed E-state index contributed by atoms with van der Waals surface area (Å²) in [6.07, 6.45) is 1.71. The minimum Gasteiger partial charge on any atom is -0.494 e. The molecule has 4 nitrogen and oxygen atoms in total. The SMILES string of the molecule is CCOc1ccc(/C=C2/N=C(c3cccc(I)c3)OC2=O)cc1. The lowest BCUT2D eigenvalue weighted by Gasteiger charge is -2.02. The number of rotatable bonds is 4. The lowest BCUT2D eigenvalue weighted by Crippen LogP contribution is -2.05. The van der Waals surface area contributed by atoms with Crippen molar-refractivity contribution in [3.63, 3.8) is 0 Å². The van der Waals surface area contributed by atoms with Crippen LogP contribution >= 0.6 is 22.6 Å².